The number of amides is 1. The van der Waals surface area contributed by atoms with Crippen molar-refractivity contribution in [3.8, 4) is 5.75 Å². The molecule has 1 fully saturated rings. The number of halogens is 1. The van der Waals surface area contributed by atoms with Crippen LogP contribution in [0.25, 0.3) is 0 Å². The number of carboxylic acids is 1. The van der Waals surface area contributed by atoms with E-state index in [0.29, 0.717) is 30.9 Å². The van der Waals surface area contributed by atoms with Crippen LogP contribution < -0.4 is 10.1 Å². The fraction of sp³-hybridized carbons (Fsp3) is 0.467. The summed E-state index contributed by atoms with van der Waals surface area (Å²) in [5, 5.41) is 12.5. The van der Waals surface area contributed by atoms with E-state index in [1.165, 1.54) is 0 Å². The quantitative estimate of drug-likeness (QED) is 0.890. The standard InChI is InChI=1S/C15H16ClNO4/c16-11-1-2-12-9(6-11)5-10(7-21-12)13(18)17-8-15(3-4-15)14(19)20/h1-2,6,10H,3-5,7-8H2,(H,17,18)(H,19,20). The van der Waals surface area contributed by atoms with E-state index >= 15 is 0 Å². The van der Waals surface area contributed by atoms with Crippen LogP contribution in [0.4, 0.5) is 0 Å². The van der Waals surface area contributed by atoms with Crippen LogP contribution in [-0.2, 0) is 16.0 Å². The summed E-state index contributed by atoms with van der Waals surface area (Å²) in [4.78, 5) is 23.3. The third-order valence-corrected chi connectivity index (χ3v) is 4.44. The molecule has 3 rings (SSSR count). The number of hydrogen-bond donors (Lipinski definition) is 2. The van der Waals surface area contributed by atoms with Crippen molar-refractivity contribution in [1.82, 2.24) is 5.32 Å². The molecule has 1 aromatic carbocycles. The van der Waals surface area contributed by atoms with Crippen molar-refractivity contribution in [3.05, 3.63) is 28.8 Å². The molecule has 0 radical (unpaired) electrons. The van der Waals surface area contributed by atoms with Gasteiger partial charge in [0.25, 0.3) is 0 Å². The Morgan fingerprint density at radius 1 is 1.43 bits per heavy atom. The highest BCUT2D eigenvalue weighted by molar-refractivity contribution is 6.30. The van der Waals surface area contributed by atoms with Gasteiger partial charge in [0.2, 0.25) is 5.91 Å². The lowest BCUT2D eigenvalue weighted by Gasteiger charge is -2.25. The summed E-state index contributed by atoms with van der Waals surface area (Å²) >= 11 is 5.95. The lowest BCUT2D eigenvalue weighted by molar-refractivity contribution is -0.143. The Kier molecular flexibility index (Phi) is 3.53. The molecule has 0 aromatic heterocycles. The Balaban J connectivity index is 1.61. The van der Waals surface area contributed by atoms with Crippen LogP contribution in [0.3, 0.4) is 0 Å². The molecule has 1 aliphatic heterocycles. The second kappa shape index (κ2) is 5.22. The molecule has 2 N–H and O–H groups in total. The fourth-order valence-electron chi connectivity index (χ4n) is 2.55. The first-order valence-electron chi connectivity index (χ1n) is 6.92. The van der Waals surface area contributed by atoms with Gasteiger partial charge in [-0.1, -0.05) is 11.6 Å². The largest absolute Gasteiger partial charge is 0.492 e. The predicted octanol–water partition coefficient (Wildman–Crippen LogP) is 1.87. The van der Waals surface area contributed by atoms with E-state index < -0.39 is 11.4 Å². The van der Waals surface area contributed by atoms with Crippen LogP contribution in [-0.4, -0.2) is 30.1 Å². The van der Waals surface area contributed by atoms with Crippen molar-refractivity contribution >= 4 is 23.5 Å². The minimum absolute atomic E-state index is 0.159. The second-order valence-corrected chi connectivity index (χ2v) is 6.20. The molecule has 2 aliphatic rings. The van der Waals surface area contributed by atoms with E-state index in [1.54, 1.807) is 18.2 Å². The highest BCUT2D eigenvalue weighted by atomic mass is 35.5. The maximum absolute atomic E-state index is 12.2. The van der Waals surface area contributed by atoms with Gasteiger partial charge in [-0.05, 0) is 43.0 Å². The molecule has 1 saturated carbocycles. The average Bonchev–Trinajstić information content (AvgIpc) is 3.25. The van der Waals surface area contributed by atoms with Crippen molar-refractivity contribution in [3.63, 3.8) is 0 Å². The maximum atomic E-state index is 12.2. The van der Waals surface area contributed by atoms with E-state index in [0.717, 1.165) is 11.3 Å². The first-order valence-corrected chi connectivity index (χ1v) is 7.30. The molecule has 6 heteroatoms. The molecule has 1 unspecified atom stereocenters. The van der Waals surface area contributed by atoms with Crippen LogP contribution in [0.15, 0.2) is 18.2 Å². The number of hydrogen-bond acceptors (Lipinski definition) is 3. The number of carbonyl (C=O) groups excluding carboxylic acids is 1. The van der Waals surface area contributed by atoms with E-state index in [4.69, 9.17) is 21.4 Å². The summed E-state index contributed by atoms with van der Waals surface area (Å²) < 4.78 is 5.57. The minimum Gasteiger partial charge on any atom is -0.492 e. The zero-order valence-electron chi connectivity index (χ0n) is 11.4. The Morgan fingerprint density at radius 3 is 2.86 bits per heavy atom. The molecule has 1 aliphatic carbocycles. The molecule has 1 atom stereocenters. The molecule has 0 spiro atoms. The van der Waals surface area contributed by atoms with E-state index in [1.807, 2.05) is 0 Å². The first-order chi connectivity index (χ1) is 10.00. The van der Waals surface area contributed by atoms with Crippen LogP contribution in [0.1, 0.15) is 18.4 Å². The highest BCUT2D eigenvalue weighted by Gasteiger charge is 2.50. The molecule has 5 nitrogen and oxygen atoms in total. The number of nitrogens with one attached hydrogen (secondary N) is 1. The number of ether oxygens (including phenoxy) is 1. The highest BCUT2D eigenvalue weighted by Crippen LogP contribution is 2.45. The van der Waals surface area contributed by atoms with Gasteiger partial charge in [-0.3, -0.25) is 9.59 Å². The Bertz CT molecular complexity index is 597. The zero-order chi connectivity index (χ0) is 15.0. The summed E-state index contributed by atoms with van der Waals surface area (Å²) in [6.45, 7) is 0.501. The summed E-state index contributed by atoms with van der Waals surface area (Å²) in [5.74, 6) is -0.541. The van der Waals surface area contributed by atoms with Crippen LogP contribution in [0.2, 0.25) is 5.02 Å². The normalized spacial score (nSPS) is 21.9. The van der Waals surface area contributed by atoms with Gasteiger partial charge < -0.3 is 15.2 Å². The summed E-state index contributed by atoms with van der Waals surface area (Å²) in [5.41, 5.74) is 0.167. The smallest absolute Gasteiger partial charge is 0.311 e. The number of benzene rings is 1. The van der Waals surface area contributed by atoms with Crippen molar-refractivity contribution in [1.29, 1.82) is 0 Å². The van der Waals surface area contributed by atoms with Crippen molar-refractivity contribution in [2.24, 2.45) is 11.3 Å². The molecular formula is C15H16ClNO4. The summed E-state index contributed by atoms with van der Waals surface area (Å²) in [6.07, 6.45) is 1.81. The van der Waals surface area contributed by atoms with Gasteiger partial charge in [-0.15, -0.1) is 0 Å². The SMILES string of the molecule is O=C(NCC1(C(=O)O)CC1)C1COc2ccc(Cl)cc2C1. The van der Waals surface area contributed by atoms with Crippen LogP contribution in [0.5, 0.6) is 5.75 Å². The molecule has 21 heavy (non-hydrogen) atoms. The molecule has 0 saturated heterocycles. The van der Waals surface area contributed by atoms with Crippen LogP contribution in [0, 0.1) is 11.3 Å². The molecule has 1 heterocycles. The Hall–Kier alpha value is -1.75. The second-order valence-electron chi connectivity index (χ2n) is 5.77. The summed E-state index contributed by atoms with van der Waals surface area (Å²) in [7, 11) is 0. The third-order valence-electron chi connectivity index (χ3n) is 4.21. The molecule has 1 amide bonds. The van der Waals surface area contributed by atoms with Gasteiger partial charge in [0, 0.05) is 11.6 Å². The number of carbonyl (C=O) groups is 2. The van der Waals surface area contributed by atoms with Gasteiger partial charge >= 0.3 is 5.97 Å². The molecule has 1 aromatic rings. The van der Waals surface area contributed by atoms with Gasteiger partial charge in [0.05, 0.1) is 11.3 Å². The number of rotatable bonds is 4. The monoisotopic (exact) mass is 309 g/mol. The Morgan fingerprint density at radius 2 is 2.19 bits per heavy atom. The number of aliphatic carboxylic acids is 1. The van der Waals surface area contributed by atoms with Gasteiger partial charge in [-0.25, -0.2) is 0 Å². The minimum atomic E-state index is -0.833. The average molecular weight is 310 g/mol. The topological polar surface area (TPSA) is 75.6 Å². The van der Waals surface area contributed by atoms with E-state index in [2.05, 4.69) is 5.32 Å². The fourth-order valence-corrected chi connectivity index (χ4v) is 2.74. The number of carboxylic acid groups (broad SMARTS) is 1. The first kappa shape index (κ1) is 14.2. The maximum Gasteiger partial charge on any atom is 0.311 e. The van der Waals surface area contributed by atoms with Crippen molar-refractivity contribution < 1.29 is 19.4 Å². The van der Waals surface area contributed by atoms with Gasteiger partial charge in [0.1, 0.15) is 12.4 Å². The summed E-state index contributed by atoms with van der Waals surface area (Å²) in [6, 6.07) is 5.36. The zero-order valence-corrected chi connectivity index (χ0v) is 12.2. The van der Waals surface area contributed by atoms with Gasteiger partial charge in [0.15, 0.2) is 0 Å². The lowest BCUT2D eigenvalue weighted by Crippen LogP contribution is -2.41. The van der Waals surface area contributed by atoms with E-state index in [-0.39, 0.29) is 18.4 Å². The number of fused-ring (bicyclic) bond motifs is 1. The molecule has 112 valence electrons. The molecular weight excluding hydrogens is 294 g/mol. The predicted molar refractivity (Wildman–Crippen MR) is 76.5 cm³/mol. The Labute approximate surface area is 127 Å². The lowest BCUT2D eigenvalue weighted by atomic mass is 9.95. The van der Waals surface area contributed by atoms with E-state index in [9.17, 15) is 9.59 Å². The van der Waals surface area contributed by atoms with Gasteiger partial charge in [-0.2, -0.15) is 0 Å². The van der Waals surface area contributed by atoms with Crippen LogP contribution >= 0.6 is 11.6 Å². The third kappa shape index (κ3) is 2.83. The molecule has 0 bridgehead atoms. The van der Waals surface area contributed by atoms with Crippen molar-refractivity contribution in [2.75, 3.05) is 13.2 Å². The van der Waals surface area contributed by atoms with Crippen molar-refractivity contribution in [2.45, 2.75) is 19.3 Å².